The van der Waals surface area contributed by atoms with Gasteiger partial charge in [-0.2, -0.15) is 0 Å². The Labute approximate surface area is 156 Å². The van der Waals surface area contributed by atoms with Crippen LogP contribution in [0.5, 0.6) is 0 Å². The van der Waals surface area contributed by atoms with Crippen LogP contribution in [0.4, 0.5) is 0 Å². The number of amides is 1. The topological polar surface area (TPSA) is 49.8 Å². The first kappa shape index (κ1) is 18.2. The smallest absolute Gasteiger partial charge is 0.249 e. The molecule has 6 heteroatoms. The summed E-state index contributed by atoms with van der Waals surface area (Å²) in [7, 11) is 0. The largest absolute Gasteiger partial charge is 0.394 e. The average Bonchev–Trinajstić information content (AvgIpc) is 2.61. The molecule has 3 rings (SSSR count). The third-order valence-electron chi connectivity index (χ3n) is 4.39. The van der Waals surface area contributed by atoms with E-state index < -0.39 is 0 Å². The van der Waals surface area contributed by atoms with Gasteiger partial charge in [-0.05, 0) is 42.3 Å². The number of aliphatic hydroxyl groups is 1. The van der Waals surface area contributed by atoms with Crippen LogP contribution in [0.25, 0.3) is 0 Å². The summed E-state index contributed by atoms with van der Waals surface area (Å²) in [6.45, 7) is 1.66. The molecule has 0 aliphatic carbocycles. The number of aliphatic hydroxyl groups excluding tert-OH is 1. The molecule has 4 nitrogen and oxygen atoms in total. The number of ether oxygens (including phenoxy) is 1. The van der Waals surface area contributed by atoms with Crippen LogP contribution in [0.15, 0.2) is 48.5 Å². The molecule has 0 spiro atoms. The van der Waals surface area contributed by atoms with Crippen molar-refractivity contribution < 1.29 is 14.6 Å². The van der Waals surface area contributed by atoms with E-state index in [4.69, 9.17) is 27.9 Å². The number of nitrogens with zero attached hydrogens (tertiary/aromatic N) is 1. The summed E-state index contributed by atoms with van der Waals surface area (Å²) in [5.41, 5.74) is 1.78. The van der Waals surface area contributed by atoms with Gasteiger partial charge in [0.2, 0.25) is 5.91 Å². The van der Waals surface area contributed by atoms with E-state index >= 15 is 0 Å². The van der Waals surface area contributed by atoms with E-state index in [9.17, 15) is 9.90 Å². The lowest BCUT2D eigenvalue weighted by Gasteiger charge is -2.44. The molecule has 1 saturated heterocycles. The van der Waals surface area contributed by atoms with E-state index in [1.807, 2.05) is 37.3 Å². The molecular weight excluding hydrogens is 361 g/mol. The van der Waals surface area contributed by atoms with Crippen LogP contribution in [-0.2, 0) is 9.53 Å². The van der Waals surface area contributed by atoms with Crippen molar-refractivity contribution in [2.45, 2.75) is 25.1 Å². The second-order valence-corrected chi connectivity index (χ2v) is 6.99. The number of carbonyl (C=O) groups excluding carboxylic acids is 1. The van der Waals surface area contributed by atoms with Gasteiger partial charge in [-0.25, -0.2) is 0 Å². The molecular formula is C19H19Cl2NO3. The second-order valence-electron chi connectivity index (χ2n) is 6.12. The Bertz CT molecular complexity index is 751. The molecule has 0 saturated carbocycles. The first-order valence-corrected chi connectivity index (χ1v) is 8.81. The Kier molecular flexibility index (Phi) is 5.64. The van der Waals surface area contributed by atoms with Crippen LogP contribution in [0.1, 0.15) is 30.2 Å². The van der Waals surface area contributed by atoms with Gasteiger partial charge in [0.1, 0.15) is 12.7 Å². The highest BCUT2D eigenvalue weighted by Gasteiger charge is 2.40. The lowest BCUT2D eigenvalue weighted by molar-refractivity contribution is -0.164. The third kappa shape index (κ3) is 3.82. The number of morpholine rings is 1. The van der Waals surface area contributed by atoms with E-state index in [1.54, 1.807) is 23.1 Å². The minimum atomic E-state index is -0.383. The van der Waals surface area contributed by atoms with Gasteiger partial charge >= 0.3 is 0 Å². The normalized spacial score (nSPS) is 22.1. The number of hydrogen-bond acceptors (Lipinski definition) is 3. The second kappa shape index (κ2) is 7.75. The van der Waals surface area contributed by atoms with Crippen LogP contribution in [0, 0.1) is 0 Å². The van der Waals surface area contributed by atoms with Crippen molar-refractivity contribution in [3.63, 3.8) is 0 Å². The van der Waals surface area contributed by atoms with Crippen LogP contribution in [0.2, 0.25) is 10.0 Å². The number of hydrogen-bond donors (Lipinski definition) is 1. The summed E-state index contributed by atoms with van der Waals surface area (Å²) >= 11 is 12.2. The fourth-order valence-electron chi connectivity index (χ4n) is 3.19. The van der Waals surface area contributed by atoms with E-state index in [0.717, 1.165) is 11.1 Å². The van der Waals surface area contributed by atoms with Crippen molar-refractivity contribution >= 4 is 29.1 Å². The first-order chi connectivity index (χ1) is 12.0. The maximum Gasteiger partial charge on any atom is 0.249 e. The zero-order valence-electron chi connectivity index (χ0n) is 13.7. The van der Waals surface area contributed by atoms with Gasteiger partial charge in [-0.3, -0.25) is 4.79 Å². The summed E-state index contributed by atoms with van der Waals surface area (Å²) in [4.78, 5) is 14.2. The monoisotopic (exact) mass is 379 g/mol. The predicted molar refractivity (Wildman–Crippen MR) is 97.7 cm³/mol. The van der Waals surface area contributed by atoms with Crippen LogP contribution < -0.4 is 0 Å². The summed E-state index contributed by atoms with van der Waals surface area (Å²) < 4.78 is 5.89. The fourth-order valence-corrected chi connectivity index (χ4v) is 3.52. The Balaban J connectivity index is 2.08. The van der Waals surface area contributed by atoms with Crippen molar-refractivity contribution in [1.82, 2.24) is 4.90 Å². The molecule has 0 radical (unpaired) electrons. The molecule has 3 atom stereocenters. The Morgan fingerprint density at radius 3 is 2.52 bits per heavy atom. The Morgan fingerprint density at radius 2 is 1.88 bits per heavy atom. The first-order valence-electron chi connectivity index (χ1n) is 8.06. The summed E-state index contributed by atoms with van der Waals surface area (Å²) in [5.74, 6) is -0.153. The molecule has 1 aliphatic heterocycles. The molecule has 25 heavy (non-hydrogen) atoms. The number of rotatable bonds is 4. The van der Waals surface area contributed by atoms with Gasteiger partial charge in [0.25, 0.3) is 0 Å². The lowest BCUT2D eigenvalue weighted by Crippen LogP contribution is -2.51. The highest BCUT2D eigenvalue weighted by Crippen LogP contribution is 2.41. The van der Waals surface area contributed by atoms with Crippen molar-refractivity contribution in [3.05, 3.63) is 69.7 Å². The van der Waals surface area contributed by atoms with Crippen LogP contribution in [-0.4, -0.2) is 35.2 Å². The third-order valence-corrected chi connectivity index (χ3v) is 4.88. The minimum absolute atomic E-state index is 0.0361. The number of halogens is 2. The molecule has 2 aromatic carbocycles. The molecule has 1 aliphatic rings. The molecule has 1 amide bonds. The molecule has 1 N–H and O–H groups in total. The Morgan fingerprint density at radius 1 is 1.16 bits per heavy atom. The molecule has 1 heterocycles. The highest BCUT2D eigenvalue weighted by molar-refractivity contribution is 6.30. The average molecular weight is 380 g/mol. The summed E-state index contributed by atoms with van der Waals surface area (Å²) in [6.07, 6.45) is -0.383. The van der Waals surface area contributed by atoms with Gasteiger partial charge in [-0.15, -0.1) is 0 Å². The molecule has 0 bridgehead atoms. The van der Waals surface area contributed by atoms with Gasteiger partial charge in [-0.1, -0.05) is 47.5 Å². The molecule has 2 aromatic rings. The zero-order chi connectivity index (χ0) is 18.0. The molecule has 132 valence electrons. The molecule has 1 fully saturated rings. The van der Waals surface area contributed by atoms with E-state index in [1.165, 1.54) is 0 Å². The minimum Gasteiger partial charge on any atom is -0.394 e. The zero-order valence-corrected chi connectivity index (χ0v) is 15.2. The van der Waals surface area contributed by atoms with E-state index in [2.05, 4.69) is 0 Å². The van der Waals surface area contributed by atoms with Crippen molar-refractivity contribution in [2.75, 3.05) is 13.2 Å². The van der Waals surface area contributed by atoms with Gasteiger partial charge in [0.15, 0.2) is 0 Å². The SMILES string of the molecule is C[C@@H](CO)N1C(=O)CO[C@H](c2cccc(Cl)c2)[C@H]1c1ccc(Cl)cc1. The van der Waals surface area contributed by atoms with E-state index in [-0.39, 0.29) is 37.3 Å². The van der Waals surface area contributed by atoms with Crippen LogP contribution in [0.3, 0.4) is 0 Å². The fraction of sp³-hybridized carbons (Fsp3) is 0.316. The summed E-state index contributed by atoms with van der Waals surface area (Å²) in [6, 6.07) is 14.0. The predicted octanol–water partition coefficient (Wildman–Crippen LogP) is 4.02. The van der Waals surface area contributed by atoms with Crippen molar-refractivity contribution in [3.8, 4) is 0 Å². The number of carbonyl (C=O) groups is 1. The van der Waals surface area contributed by atoms with Gasteiger partial charge in [0, 0.05) is 10.0 Å². The van der Waals surface area contributed by atoms with Gasteiger partial charge < -0.3 is 14.7 Å². The van der Waals surface area contributed by atoms with E-state index in [0.29, 0.717) is 10.0 Å². The van der Waals surface area contributed by atoms with Crippen molar-refractivity contribution in [1.29, 1.82) is 0 Å². The Hall–Kier alpha value is -1.59. The highest BCUT2D eigenvalue weighted by atomic mass is 35.5. The number of benzene rings is 2. The quantitative estimate of drug-likeness (QED) is 0.872. The molecule has 0 aromatic heterocycles. The summed E-state index contributed by atoms with van der Waals surface area (Å²) in [5, 5.41) is 10.9. The van der Waals surface area contributed by atoms with Crippen molar-refractivity contribution in [2.24, 2.45) is 0 Å². The van der Waals surface area contributed by atoms with Gasteiger partial charge in [0.05, 0.1) is 18.7 Å². The standard InChI is InChI=1S/C19H19Cl2NO3/c1-12(10-23)22-17(24)11-25-19(14-3-2-4-16(21)9-14)18(22)13-5-7-15(20)8-6-13/h2-9,12,18-19,23H,10-11H2,1H3/t12-,18+,19+/m0/s1. The molecule has 0 unspecified atom stereocenters. The van der Waals surface area contributed by atoms with Crippen LogP contribution >= 0.6 is 23.2 Å². The maximum atomic E-state index is 12.5. The maximum absolute atomic E-state index is 12.5. The lowest BCUT2D eigenvalue weighted by atomic mass is 9.91.